The van der Waals surface area contributed by atoms with Crippen molar-refractivity contribution in [2.75, 3.05) is 0 Å². The van der Waals surface area contributed by atoms with Gasteiger partial charge in [-0.2, -0.15) is 23.4 Å². The van der Waals surface area contributed by atoms with Crippen molar-refractivity contribution in [3.63, 3.8) is 0 Å². The number of benzene rings is 3. The third-order valence-corrected chi connectivity index (χ3v) is 4.98. The van der Waals surface area contributed by atoms with Gasteiger partial charge in [-0.05, 0) is 41.0 Å². The summed E-state index contributed by atoms with van der Waals surface area (Å²) in [6.07, 6.45) is -4.60. The Balaban J connectivity index is 1.70. The average Bonchev–Trinajstić information content (AvgIpc) is 2.86. The largest absolute Gasteiger partial charge is 0.473 e. The smallest absolute Gasteiger partial charge is 0.416 e. The highest BCUT2D eigenvalue weighted by Gasteiger charge is 2.31. The molecule has 1 aromatic heterocycles. The van der Waals surface area contributed by atoms with E-state index in [1.807, 2.05) is 60.7 Å². The van der Waals surface area contributed by atoms with E-state index in [0.29, 0.717) is 5.56 Å². The number of ether oxygens (including phenoxy) is 2. The molecule has 0 saturated carbocycles. The number of pyridine rings is 1. The molecular formula is C27H19F3N2O2. The van der Waals surface area contributed by atoms with Crippen molar-refractivity contribution in [1.82, 2.24) is 4.98 Å². The van der Waals surface area contributed by atoms with Crippen LogP contribution in [-0.4, -0.2) is 4.98 Å². The van der Waals surface area contributed by atoms with Gasteiger partial charge in [0.1, 0.15) is 13.2 Å². The summed E-state index contributed by atoms with van der Waals surface area (Å²) in [5.74, 6) is 0.376. The Hall–Kier alpha value is -4.31. The summed E-state index contributed by atoms with van der Waals surface area (Å²) in [4.78, 5) is 4.42. The molecular weight excluding hydrogens is 441 g/mol. The van der Waals surface area contributed by atoms with E-state index in [9.17, 15) is 18.4 Å². The van der Waals surface area contributed by atoms with Crippen molar-refractivity contribution >= 4 is 0 Å². The second-order valence-electron chi connectivity index (χ2n) is 7.46. The zero-order valence-corrected chi connectivity index (χ0v) is 17.9. The summed E-state index contributed by atoms with van der Waals surface area (Å²) in [7, 11) is 0. The minimum absolute atomic E-state index is 0.108. The molecule has 4 rings (SSSR count). The van der Waals surface area contributed by atoms with Crippen LogP contribution < -0.4 is 9.47 Å². The number of hydrogen-bond donors (Lipinski definition) is 0. The molecule has 0 N–H and O–H groups in total. The normalized spacial score (nSPS) is 11.0. The molecule has 0 fully saturated rings. The molecule has 0 unspecified atom stereocenters. The second-order valence-corrected chi connectivity index (χ2v) is 7.46. The first-order chi connectivity index (χ1) is 16.4. The van der Waals surface area contributed by atoms with Crippen molar-refractivity contribution in [2.24, 2.45) is 0 Å². The molecule has 0 aliphatic rings. The van der Waals surface area contributed by atoms with Crippen molar-refractivity contribution < 1.29 is 22.6 Å². The SMILES string of the molecule is N#Cc1cc(-c2ccc(OCc3ccccc3)nc2OCc2ccccc2)cc(C(F)(F)F)c1. The van der Waals surface area contributed by atoms with E-state index < -0.39 is 11.7 Å². The van der Waals surface area contributed by atoms with Crippen LogP contribution in [0.15, 0.2) is 91.0 Å². The first-order valence-corrected chi connectivity index (χ1v) is 10.4. The predicted molar refractivity (Wildman–Crippen MR) is 121 cm³/mol. The summed E-state index contributed by atoms with van der Waals surface area (Å²) in [6, 6.07) is 27.0. The maximum atomic E-state index is 13.4. The Bertz CT molecular complexity index is 1300. The van der Waals surface area contributed by atoms with Gasteiger partial charge >= 0.3 is 6.18 Å². The topological polar surface area (TPSA) is 55.1 Å². The van der Waals surface area contributed by atoms with Gasteiger partial charge in [-0.3, -0.25) is 0 Å². The molecule has 0 aliphatic heterocycles. The fourth-order valence-electron chi connectivity index (χ4n) is 3.30. The molecule has 0 atom stereocenters. The Morgan fingerprint density at radius 2 is 1.38 bits per heavy atom. The molecule has 0 spiro atoms. The van der Waals surface area contributed by atoms with E-state index in [4.69, 9.17) is 9.47 Å². The first kappa shape index (κ1) is 22.9. The zero-order chi connectivity index (χ0) is 24.0. The van der Waals surface area contributed by atoms with E-state index in [-0.39, 0.29) is 36.1 Å². The van der Waals surface area contributed by atoms with Gasteiger partial charge in [0.2, 0.25) is 11.8 Å². The van der Waals surface area contributed by atoms with Gasteiger partial charge in [0.15, 0.2) is 0 Å². The predicted octanol–water partition coefficient (Wildman–Crippen LogP) is 6.80. The molecule has 4 nitrogen and oxygen atoms in total. The fraction of sp³-hybridized carbons (Fsp3) is 0.111. The molecule has 3 aromatic carbocycles. The number of nitriles is 1. The van der Waals surface area contributed by atoms with E-state index in [1.54, 1.807) is 18.2 Å². The van der Waals surface area contributed by atoms with Crippen LogP contribution in [0.25, 0.3) is 11.1 Å². The van der Waals surface area contributed by atoms with E-state index in [2.05, 4.69) is 4.98 Å². The fourth-order valence-corrected chi connectivity index (χ4v) is 3.30. The summed E-state index contributed by atoms with van der Waals surface area (Å²) >= 11 is 0. The average molecular weight is 460 g/mol. The molecule has 0 amide bonds. The van der Waals surface area contributed by atoms with Crippen LogP contribution in [0.3, 0.4) is 0 Å². The van der Waals surface area contributed by atoms with Crippen molar-refractivity contribution in [3.05, 3.63) is 113 Å². The van der Waals surface area contributed by atoms with Crippen LogP contribution in [0, 0.1) is 11.3 Å². The molecule has 0 radical (unpaired) electrons. The summed E-state index contributed by atoms with van der Waals surface area (Å²) in [5, 5.41) is 9.26. The van der Waals surface area contributed by atoms with Crippen molar-refractivity contribution in [2.45, 2.75) is 19.4 Å². The molecule has 1 heterocycles. The quantitative estimate of drug-likeness (QED) is 0.304. The Labute approximate surface area is 194 Å². The highest BCUT2D eigenvalue weighted by molar-refractivity contribution is 5.71. The standard InChI is InChI=1S/C27H19F3N2O2/c28-27(29,30)23-14-21(16-31)13-22(15-23)24-11-12-25(33-17-19-7-3-1-4-8-19)32-26(24)34-18-20-9-5-2-6-10-20/h1-15H,17-18H2. The summed E-state index contributed by atoms with van der Waals surface area (Å²) in [6.45, 7) is 0.431. The van der Waals surface area contributed by atoms with Gasteiger partial charge < -0.3 is 9.47 Å². The summed E-state index contributed by atoms with van der Waals surface area (Å²) < 4.78 is 51.9. The Kier molecular flexibility index (Phi) is 6.79. The number of alkyl halides is 3. The Morgan fingerprint density at radius 1 is 0.765 bits per heavy atom. The third kappa shape index (κ3) is 5.73. The molecule has 0 saturated heterocycles. The highest BCUT2D eigenvalue weighted by atomic mass is 19.4. The zero-order valence-electron chi connectivity index (χ0n) is 17.9. The third-order valence-electron chi connectivity index (χ3n) is 4.98. The number of rotatable bonds is 7. The lowest BCUT2D eigenvalue weighted by Gasteiger charge is -2.15. The van der Waals surface area contributed by atoms with Crippen LogP contribution in [0.5, 0.6) is 11.8 Å². The van der Waals surface area contributed by atoms with Crippen LogP contribution in [0.2, 0.25) is 0 Å². The molecule has 0 aliphatic carbocycles. The Morgan fingerprint density at radius 3 is 1.97 bits per heavy atom. The molecule has 170 valence electrons. The van der Waals surface area contributed by atoms with Gasteiger partial charge in [-0.15, -0.1) is 0 Å². The van der Waals surface area contributed by atoms with Gasteiger partial charge in [0.25, 0.3) is 0 Å². The first-order valence-electron chi connectivity index (χ1n) is 10.4. The maximum Gasteiger partial charge on any atom is 0.416 e. The lowest BCUT2D eigenvalue weighted by atomic mass is 10.0. The minimum atomic E-state index is -4.60. The van der Waals surface area contributed by atoms with Crippen LogP contribution >= 0.6 is 0 Å². The highest BCUT2D eigenvalue weighted by Crippen LogP contribution is 2.37. The molecule has 4 aromatic rings. The van der Waals surface area contributed by atoms with Gasteiger partial charge in [0.05, 0.1) is 17.2 Å². The van der Waals surface area contributed by atoms with E-state index in [1.165, 1.54) is 6.07 Å². The maximum absolute atomic E-state index is 13.4. The van der Waals surface area contributed by atoms with Crippen LogP contribution in [0.1, 0.15) is 22.3 Å². The number of nitrogens with zero attached hydrogens (tertiary/aromatic N) is 2. The lowest BCUT2D eigenvalue weighted by Crippen LogP contribution is -2.06. The van der Waals surface area contributed by atoms with Gasteiger partial charge in [-0.1, -0.05) is 60.7 Å². The number of hydrogen-bond acceptors (Lipinski definition) is 4. The van der Waals surface area contributed by atoms with Crippen LogP contribution in [-0.2, 0) is 19.4 Å². The molecule has 7 heteroatoms. The minimum Gasteiger partial charge on any atom is -0.473 e. The van der Waals surface area contributed by atoms with Crippen molar-refractivity contribution in [1.29, 1.82) is 5.26 Å². The lowest BCUT2D eigenvalue weighted by molar-refractivity contribution is -0.137. The monoisotopic (exact) mass is 460 g/mol. The number of aromatic nitrogens is 1. The van der Waals surface area contributed by atoms with Crippen molar-refractivity contribution in [3.8, 4) is 29.0 Å². The summed E-state index contributed by atoms with van der Waals surface area (Å²) in [5.41, 5.74) is 1.29. The van der Waals surface area contributed by atoms with Gasteiger partial charge in [0, 0.05) is 11.6 Å². The molecule has 0 bridgehead atoms. The van der Waals surface area contributed by atoms with E-state index >= 15 is 0 Å². The van der Waals surface area contributed by atoms with E-state index in [0.717, 1.165) is 23.3 Å². The number of halogens is 3. The second kappa shape index (κ2) is 10.1. The molecule has 34 heavy (non-hydrogen) atoms. The van der Waals surface area contributed by atoms with Gasteiger partial charge in [-0.25, -0.2) is 0 Å². The van der Waals surface area contributed by atoms with Crippen LogP contribution in [0.4, 0.5) is 13.2 Å².